The van der Waals surface area contributed by atoms with Crippen molar-refractivity contribution in [3.63, 3.8) is 0 Å². The van der Waals surface area contributed by atoms with E-state index < -0.39 is 5.82 Å². The molecule has 2 rings (SSSR count). The highest BCUT2D eigenvalue weighted by molar-refractivity contribution is 5.96. The highest BCUT2D eigenvalue weighted by Gasteiger charge is 2.26. The van der Waals surface area contributed by atoms with Crippen molar-refractivity contribution in [1.29, 1.82) is 0 Å². The number of ketones is 1. The van der Waals surface area contributed by atoms with E-state index in [0.717, 1.165) is 6.54 Å². The van der Waals surface area contributed by atoms with Crippen LogP contribution in [-0.4, -0.2) is 30.3 Å². The number of carbonyl (C=O) groups is 1. The van der Waals surface area contributed by atoms with Crippen molar-refractivity contribution in [2.24, 2.45) is 0 Å². The molecule has 0 spiro atoms. The highest BCUT2D eigenvalue weighted by Crippen LogP contribution is 2.25. The summed E-state index contributed by atoms with van der Waals surface area (Å²) in [6.07, 6.45) is 2.85. The molecule has 1 fully saturated rings. The Morgan fingerprint density at radius 2 is 2.12 bits per heavy atom. The van der Waals surface area contributed by atoms with Crippen LogP contribution in [0.2, 0.25) is 0 Å². The minimum absolute atomic E-state index is 0.106. The first-order chi connectivity index (χ1) is 7.68. The van der Waals surface area contributed by atoms with Crippen LogP contribution in [0.25, 0.3) is 0 Å². The zero-order chi connectivity index (χ0) is 11.5. The summed E-state index contributed by atoms with van der Waals surface area (Å²) in [5.41, 5.74) is 0.215. The number of hydrogen-bond donors (Lipinski definition) is 0. The second-order valence-corrected chi connectivity index (χ2v) is 4.36. The summed E-state index contributed by atoms with van der Waals surface area (Å²) in [5.74, 6) is -0.521. The van der Waals surface area contributed by atoms with Crippen LogP contribution in [0, 0.1) is 5.82 Å². The summed E-state index contributed by atoms with van der Waals surface area (Å²) in [5, 5.41) is 0. The molecule has 16 heavy (non-hydrogen) atoms. The SMILES string of the molecule is CN(CCC(=O)c1ccccc1F)C1CC1. The van der Waals surface area contributed by atoms with Crippen molar-refractivity contribution < 1.29 is 9.18 Å². The predicted octanol–water partition coefficient (Wildman–Crippen LogP) is 2.49. The van der Waals surface area contributed by atoms with Crippen LogP contribution in [0.1, 0.15) is 29.6 Å². The molecule has 0 amide bonds. The Labute approximate surface area is 95.1 Å². The number of carbonyl (C=O) groups excluding carboxylic acids is 1. The van der Waals surface area contributed by atoms with E-state index in [-0.39, 0.29) is 11.3 Å². The lowest BCUT2D eigenvalue weighted by Crippen LogP contribution is -2.24. The molecule has 0 N–H and O–H groups in total. The molecule has 0 bridgehead atoms. The Bertz CT molecular complexity index is 387. The molecule has 86 valence electrons. The summed E-state index contributed by atoms with van der Waals surface area (Å²) >= 11 is 0. The molecule has 1 aromatic carbocycles. The number of nitrogens with zero attached hydrogens (tertiary/aromatic N) is 1. The molecule has 0 saturated heterocycles. The van der Waals surface area contributed by atoms with Crippen molar-refractivity contribution in [1.82, 2.24) is 4.90 Å². The lowest BCUT2D eigenvalue weighted by Gasteiger charge is -2.14. The molecule has 0 heterocycles. The Morgan fingerprint density at radius 1 is 1.44 bits per heavy atom. The largest absolute Gasteiger partial charge is 0.303 e. The van der Waals surface area contributed by atoms with E-state index >= 15 is 0 Å². The lowest BCUT2D eigenvalue weighted by molar-refractivity contribution is 0.0964. The van der Waals surface area contributed by atoms with Gasteiger partial charge in [-0.15, -0.1) is 0 Å². The number of Topliss-reactive ketones (excluding diaryl/α,β-unsaturated/α-hetero) is 1. The first kappa shape index (κ1) is 11.3. The maximum atomic E-state index is 13.3. The number of hydrogen-bond acceptors (Lipinski definition) is 2. The Kier molecular flexibility index (Phi) is 3.34. The lowest BCUT2D eigenvalue weighted by atomic mass is 10.1. The van der Waals surface area contributed by atoms with Gasteiger partial charge in [-0.2, -0.15) is 0 Å². The fourth-order valence-corrected chi connectivity index (χ4v) is 1.80. The van der Waals surface area contributed by atoms with Crippen LogP contribution in [0.5, 0.6) is 0 Å². The molecule has 0 aliphatic heterocycles. The van der Waals surface area contributed by atoms with Gasteiger partial charge in [-0.05, 0) is 32.0 Å². The molecule has 1 aromatic rings. The van der Waals surface area contributed by atoms with Crippen molar-refractivity contribution in [3.8, 4) is 0 Å². The third-order valence-corrected chi connectivity index (χ3v) is 3.04. The summed E-state index contributed by atoms with van der Waals surface area (Å²) in [6.45, 7) is 0.720. The Morgan fingerprint density at radius 3 is 2.75 bits per heavy atom. The number of benzene rings is 1. The van der Waals surface area contributed by atoms with Gasteiger partial charge in [0.25, 0.3) is 0 Å². The maximum absolute atomic E-state index is 13.3. The van der Waals surface area contributed by atoms with Gasteiger partial charge in [0.05, 0.1) is 5.56 Å². The van der Waals surface area contributed by atoms with Gasteiger partial charge in [-0.3, -0.25) is 4.79 Å². The molecule has 3 heteroatoms. The standard InChI is InChI=1S/C13H16FNO/c1-15(10-6-7-10)9-8-13(16)11-4-2-3-5-12(11)14/h2-5,10H,6-9H2,1H3. The summed E-state index contributed by atoms with van der Waals surface area (Å²) in [4.78, 5) is 13.9. The van der Waals surface area contributed by atoms with E-state index in [9.17, 15) is 9.18 Å². The van der Waals surface area contributed by atoms with Gasteiger partial charge in [0.2, 0.25) is 0 Å². The third kappa shape index (κ3) is 2.67. The fraction of sp³-hybridized carbons (Fsp3) is 0.462. The zero-order valence-corrected chi connectivity index (χ0v) is 9.45. The Balaban J connectivity index is 1.90. The van der Waals surface area contributed by atoms with Gasteiger partial charge in [-0.1, -0.05) is 12.1 Å². The van der Waals surface area contributed by atoms with E-state index in [2.05, 4.69) is 4.90 Å². The summed E-state index contributed by atoms with van der Waals surface area (Å²) in [6, 6.07) is 6.82. The van der Waals surface area contributed by atoms with Crippen LogP contribution in [0.3, 0.4) is 0 Å². The minimum atomic E-state index is -0.415. The molecule has 0 aromatic heterocycles. The molecular formula is C13H16FNO. The smallest absolute Gasteiger partial charge is 0.167 e. The monoisotopic (exact) mass is 221 g/mol. The van der Waals surface area contributed by atoms with Crippen LogP contribution in [-0.2, 0) is 0 Å². The van der Waals surface area contributed by atoms with E-state index in [1.54, 1.807) is 18.2 Å². The molecule has 0 radical (unpaired) electrons. The van der Waals surface area contributed by atoms with Gasteiger partial charge in [0.15, 0.2) is 5.78 Å². The van der Waals surface area contributed by atoms with Gasteiger partial charge in [0.1, 0.15) is 5.82 Å². The van der Waals surface area contributed by atoms with E-state index in [1.165, 1.54) is 18.9 Å². The molecule has 2 nitrogen and oxygen atoms in total. The molecule has 0 atom stereocenters. The topological polar surface area (TPSA) is 20.3 Å². The van der Waals surface area contributed by atoms with Crippen molar-refractivity contribution >= 4 is 5.78 Å². The zero-order valence-electron chi connectivity index (χ0n) is 9.45. The average Bonchev–Trinajstić information content (AvgIpc) is 3.10. The number of halogens is 1. The summed E-state index contributed by atoms with van der Waals surface area (Å²) < 4.78 is 13.3. The van der Waals surface area contributed by atoms with Crippen LogP contribution >= 0.6 is 0 Å². The fourth-order valence-electron chi connectivity index (χ4n) is 1.80. The predicted molar refractivity (Wildman–Crippen MR) is 61.0 cm³/mol. The molecule has 1 aliphatic rings. The van der Waals surface area contributed by atoms with Crippen molar-refractivity contribution in [2.75, 3.05) is 13.6 Å². The van der Waals surface area contributed by atoms with E-state index in [1.807, 2.05) is 7.05 Å². The first-order valence-corrected chi connectivity index (χ1v) is 5.66. The molecule has 1 saturated carbocycles. The van der Waals surface area contributed by atoms with E-state index in [4.69, 9.17) is 0 Å². The van der Waals surface area contributed by atoms with Gasteiger partial charge in [-0.25, -0.2) is 4.39 Å². The van der Waals surface area contributed by atoms with Gasteiger partial charge in [0, 0.05) is 19.0 Å². The summed E-state index contributed by atoms with van der Waals surface area (Å²) in [7, 11) is 2.02. The molecular weight excluding hydrogens is 205 g/mol. The van der Waals surface area contributed by atoms with Crippen molar-refractivity contribution in [2.45, 2.75) is 25.3 Å². The molecule has 0 unspecified atom stereocenters. The van der Waals surface area contributed by atoms with E-state index in [0.29, 0.717) is 12.5 Å². The Hall–Kier alpha value is -1.22. The minimum Gasteiger partial charge on any atom is -0.303 e. The highest BCUT2D eigenvalue weighted by atomic mass is 19.1. The first-order valence-electron chi connectivity index (χ1n) is 5.66. The molecule has 1 aliphatic carbocycles. The third-order valence-electron chi connectivity index (χ3n) is 3.04. The normalized spacial score (nSPS) is 15.4. The van der Waals surface area contributed by atoms with Crippen LogP contribution in [0.4, 0.5) is 4.39 Å². The quantitative estimate of drug-likeness (QED) is 0.712. The van der Waals surface area contributed by atoms with Crippen LogP contribution in [0.15, 0.2) is 24.3 Å². The second-order valence-electron chi connectivity index (χ2n) is 4.36. The second kappa shape index (κ2) is 4.74. The average molecular weight is 221 g/mol. The maximum Gasteiger partial charge on any atom is 0.167 e. The van der Waals surface area contributed by atoms with Crippen LogP contribution < -0.4 is 0 Å². The van der Waals surface area contributed by atoms with Crippen molar-refractivity contribution in [3.05, 3.63) is 35.6 Å². The number of rotatable bonds is 5. The van der Waals surface area contributed by atoms with Gasteiger partial charge >= 0.3 is 0 Å². The van der Waals surface area contributed by atoms with Gasteiger partial charge < -0.3 is 4.90 Å².